The summed E-state index contributed by atoms with van der Waals surface area (Å²) in [6.07, 6.45) is -0.766. The van der Waals surface area contributed by atoms with E-state index in [-0.39, 0.29) is 6.61 Å². The third-order valence-corrected chi connectivity index (χ3v) is 2.37. The lowest BCUT2D eigenvalue weighted by atomic mass is 10.2. The van der Waals surface area contributed by atoms with Crippen molar-refractivity contribution in [2.75, 3.05) is 32.7 Å². The van der Waals surface area contributed by atoms with E-state index in [0.717, 1.165) is 5.69 Å². The molecule has 0 bridgehead atoms. The molecule has 6 nitrogen and oxygen atoms in total. The number of hydrogen-bond donors (Lipinski definition) is 2. The molecule has 0 radical (unpaired) electrons. The van der Waals surface area contributed by atoms with E-state index in [9.17, 15) is 4.79 Å². The highest BCUT2D eigenvalue weighted by molar-refractivity contribution is 5.80. The van der Waals surface area contributed by atoms with E-state index < -0.39 is 12.0 Å². The van der Waals surface area contributed by atoms with Crippen LogP contribution in [0.5, 0.6) is 5.75 Å². The first-order valence-electron chi connectivity index (χ1n) is 5.52. The summed E-state index contributed by atoms with van der Waals surface area (Å²) in [6, 6.07) is 7.42. The lowest BCUT2D eigenvalue weighted by Crippen LogP contribution is -2.44. The van der Waals surface area contributed by atoms with E-state index in [0.29, 0.717) is 5.75 Å². The number of carbonyl (C=O) groups excluding carboxylic acids is 1. The fourth-order valence-corrected chi connectivity index (χ4v) is 1.41. The summed E-state index contributed by atoms with van der Waals surface area (Å²) in [6.45, 7) is 0.134. The largest absolute Gasteiger partial charge is 0.478 e. The zero-order chi connectivity index (χ0) is 13.5. The summed E-state index contributed by atoms with van der Waals surface area (Å²) < 4.78 is 10.5. The van der Waals surface area contributed by atoms with Gasteiger partial charge in [0.2, 0.25) is 6.10 Å². The molecule has 0 spiro atoms. The number of hydrazine groups is 1. The van der Waals surface area contributed by atoms with Gasteiger partial charge in [0.15, 0.2) is 0 Å². The first-order chi connectivity index (χ1) is 8.58. The molecule has 3 N–H and O–H groups in total. The van der Waals surface area contributed by atoms with Crippen LogP contribution in [0.25, 0.3) is 0 Å². The van der Waals surface area contributed by atoms with Gasteiger partial charge in [-0.1, -0.05) is 6.07 Å². The van der Waals surface area contributed by atoms with Crippen LogP contribution in [0.3, 0.4) is 0 Å². The third-order valence-electron chi connectivity index (χ3n) is 2.37. The van der Waals surface area contributed by atoms with Crippen LogP contribution in [0.15, 0.2) is 24.3 Å². The Bertz CT molecular complexity index is 396. The zero-order valence-electron chi connectivity index (χ0n) is 10.8. The Morgan fingerprint density at radius 3 is 2.78 bits per heavy atom. The molecule has 0 aromatic heterocycles. The number of methoxy groups -OCH3 is 1. The second-order valence-corrected chi connectivity index (χ2v) is 3.96. The molecule has 0 fully saturated rings. The number of hydrogen-bond acceptors (Lipinski definition) is 5. The summed E-state index contributed by atoms with van der Waals surface area (Å²) in [5, 5.41) is 0. The molecule has 0 aliphatic heterocycles. The molecule has 0 heterocycles. The van der Waals surface area contributed by atoms with Crippen molar-refractivity contribution in [1.29, 1.82) is 0 Å². The number of nitrogens with zero attached hydrogens (tertiary/aromatic N) is 1. The van der Waals surface area contributed by atoms with Crippen LogP contribution in [-0.2, 0) is 9.53 Å². The highest BCUT2D eigenvalue weighted by Gasteiger charge is 2.19. The summed E-state index contributed by atoms with van der Waals surface area (Å²) in [4.78, 5) is 13.4. The Hall–Kier alpha value is -1.79. The molecular formula is C12H19N3O3. The minimum Gasteiger partial charge on any atom is -0.478 e. The molecule has 1 aromatic carbocycles. The first kappa shape index (κ1) is 14.3. The van der Waals surface area contributed by atoms with Gasteiger partial charge in [0.1, 0.15) is 5.75 Å². The van der Waals surface area contributed by atoms with Crippen molar-refractivity contribution in [3.05, 3.63) is 24.3 Å². The first-order valence-corrected chi connectivity index (χ1v) is 5.52. The molecule has 100 valence electrons. The Kier molecular flexibility index (Phi) is 5.41. The van der Waals surface area contributed by atoms with Gasteiger partial charge in [0.25, 0.3) is 5.91 Å². The summed E-state index contributed by atoms with van der Waals surface area (Å²) in [5.74, 6) is 5.26. The van der Waals surface area contributed by atoms with Gasteiger partial charge in [0, 0.05) is 33.0 Å². The van der Waals surface area contributed by atoms with Gasteiger partial charge in [-0.15, -0.1) is 0 Å². The van der Waals surface area contributed by atoms with Gasteiger partial charge in [-0.05, 0) is 12.1 Å². The molecule has 0 aliphatic carbocycles. The maximum absolute atomic E-state index is 11.5. The highest BCUT2D eigenvalue weighted by atomic mass is 16.5. The molecule has 1 amide bonds. The Morgan fingerprint density at radius 2 is 2.22 bits per heavy atom. The van der Waals surface area contributed by atoms with Gasteiger partial charge < -0.3 is 14.4 Å². The number of amides is 1. The van der Waals surface area contributed by atoms with E-state index in [1.54, 1.807) is 6.07 Å². The standard InChI is InChI=1S/C12H19N3O3/c1-15(2)9-5-4-6-10(7-9)18-11(8-17-3)12(16)14-13/h4-7,11H,8,13H2,1-3H3,(H,14,16). The lowest BCUT2D eigenvalue weighted by Gasteiger charge is -2.18. The van der Waals surface area contributed by atoms with Gasteiger partial charge in [-0.25, -0.2) is 5.84 Å². The number of nitrogens with one attached hydrogen (secondary N) is 1. The number of nitrogens with two attached hydrogens (primary N) is 1. The third kappa shape index (κ3) is 3.90. The van der Waals surface area contributed by atoms with Crippen LogP contribution in [0.4, 0.5) is 5.69 Å². The second kappa shape index (κ2) is 6.83. The van der Waals surface area contributed by atoms with E-state index in [1.807, 2.05) is 37.2 Å². The van der Waals surface area contributed by atoms with Crippen molar-refractivity contribution < 1.29 is 14.3 Å². The molecule has 0 saturated carbocycles. The number of carbonyl (C=O) groups is 1. The quantitative estimate of drug-likeness (QED) is 0.428. The van der Waals surface area contributed by atoms with Crippen LogP contribution in [0.2, 0.25) is 0 Å². The van der Waals surface area contributed by atoms with Crippen molar-refractivity contribution >= 4 is 11.6 Å². The lowest BCUT2D eigenvalue weighted by molar-refractivity contribution is -0.130. The smallest absolute Gasteiger partial charge is 0.277 e. The van der Waals surface area contributed by atoms with Gasteiger partial charge in [-0.3, -0.25) is 10.2 Å². The minimum atomic E-state index is -0.766. The van der Waals surface area contributed by atoms with Crippen molar-refractivity contribution in [1.82, 2.24) is 5.43 Å². The van der Waals surface area contributed by atoms with Crippen molar-refractivity contribution in [2.45, 2.75) is 6.10 Å². The molecule has 1 aromatic rings. The summed E-state index contributed by atoms with van der Waals surface area (Å²) in [5.41, 5.74) is 3.04. The summed E-state index contributed by atoms with van der Waals surface area (Å²) in [7, 11) is 5.35. The van der Waals surface area contributed by atoms with Gasteiger partial charge in [-0.2, -0.15) is 0 Å². The van der Waals surface area contributed by atoms with Crippen LogP contribution in [0.1, 0.15) is 0 Å². The molecule has 1 atom stereocenters. The topological polar surface area (TPSA) is 76.8 Å². The van der Waals surface area contributed by atoms with Crippen LogP contribution in [0, 0.1) is 0 Å². The van der Waals surface area contributed by atoms with E-state index in [2.05, 4.69) is 5.43 Å². The number of ether oxygens (including phenoxy) is 2. The maximum atomic E-state index is 11.5. The molecule has 6 heteroatoms. The predicted octanol–water partition coefficient (Wildman–Crippen LogP) is 0.136. The highest BCUT2D eigenvalue weighted by Crippen LogP contribution is 2.20. The van der Waals surface area contributed by atoms with Crippen LogP contribution < -0.4 is 20.9 Å². The Labute approximate surface area is 107 Å². The molecule has 1 rings (SSSR count). The van der Waals surface area contributed by atoms with Gasteiger partial charge in [0.05, 0.1) is 6.61 Å². The number of anilines is 1. The Morgan fingerprint density at radius 1 is 1.50 bits per heavy atom. The van der Waals surface area contributed by atoms with Gasteiger partial charge >= 0.3 is 0 Å². The second-order valence-electron chi connectivity index (χ2n) is 3.96. The van der Waals surface area contributed by atoms with Crippen molar-refractivity contribution in [2.24, 2.45) is 5.84 Å². The van der Waals surface area contributed by atoms with Crippen LogP contribution in [-0.4, -0.2) is 39.8 Å². The van der Waals surface area contributed by atoms with E-state index in [1.165, 1.54) is 7.11 Å². The van der Waals surface area contributed by atoms with Crippen LogP contribution >= 0.6 is 0 Å². The van der Waals surface area contributed by atoms with E-state index in [4.69, 9.17) is 15.3 Å². The molecule has 18 heavy (non-hydrogen) atoms. The monoisotopic (exact) mass is 253 g/mol. The predicted molar refractivity (Wildman–Crippen MR) is 69.4 cm³/mol. The average Bonchev–Trinajstić information content (AvgIpc) is 2.37. The van der Waals surface area contributed by atoms with Crippen molar-refractivity contribution in [3.63, 3.8) is 0 Å². The molecule has 0 aliphatic rings. The molecule has 0 saturated heterocycles. The maximum Gasteiger partial charge on any atom is 0.277 e. The number of benzene rings is 1. The molecular weight excluding hydrogens is 234 g/mol. The fraction of sp³-hybridized carbons (Fsp3) is 0.417. The minimum absolute atomic E-state index is 0.134. The van der Waals surface area contributed by atoms with Crippen molar-refractivity contribution in [3.8, 4) is 5.75 Å². The SMILES string of the molecule is COCC(Oc1cccc(N(C)C)c1)C(=O)NN. The summed E-state index contributed by atoms with van der Waals surface area (Å²) >= 11 is 0. The Balaban J connectivity index is 2.80. The number of rotatable bonds is 6. The normalized spacial score (nSPS) is 11.8. The average molecular weight is 253 g/mol. The molecule has 1 unspecified atom stereocenters. The zero-order valence-corrected chi connectivity index (χ0v) is 10.8. The fourth-order valence-electron chi connectivity index (χ4n) is 1.41. The van der Waals surface area contributed by atoms with E-state index >= 15 is 0 Å².